The summed E-state index contributed by atoms with van der Waals surface area (Å²) < 4.78 is 0. The smallest absolute Gasteiger partial charge is 0.317 e. The predicted molar refractivity (Wildman–Crippen MR) is 139 cm³/mol. The Hall–Kier alpha value is -1.62. The molecule has 1 heterocycles. The fourth-order valence-electron chi connectivity index (χ4n) is 7.33. The molecule has 7 heteroatoms. The summed E-state index contributed by atoms with van der Waals surface area (Å²) in [5.41, 5.74) is 2.05. The van der Waals surface area contributed by atoms with Crippen LogP contribution in [0, 0.1) is 23.7 Å². The fraction of sp³-hybridized carbons (Fsp3) is 0.519. The summed E-state index contributed by atoms with van der Waals surface area (Å²) in [5, 5.41) is 5.43. The van der Waals surface area contributed by atoms with Crippen LogP contribution < -0.4 is 10.2 Å². The Morgan fingerprint density at radius 2 is 1.47 bits per heavy atom. The highest BCUT2D eigenvalue weighted by molar-refractivity contribution is 6.36. The van der Waals surface area contributed by atoms with Crippen LogP contribution in [-0.4, -0.2) is 36.6 Å². The number of anilines is 1. The van der Waals surface area contributed by atoms with Gasteiger partial charge in [0.2, 0.25) is 0 Å². The van der Waals surface area contributed by atoms with E-state index in [9.17, 15) is 4.79 Å². The third-order valence-corrected chi connectivity index (χ3v) is 9.45. The van der Waals surface area contributed by atoms with Crippen molar-refractivity contribution in [3.8, 4) is 0 Å². The number of hydrogen-bond donors (Lipinski definition) is 1. The van der Waals surface area contributed by atoms with E-state index in [1.54, 1.807) is 6.07 Å². The molecule has 4 bridgehead atoms. The number of urea groups is 1. The normalized spacial score (nSPS) is 32.2. The van der Waals surface area contributed by atoms with E-state index < -0.39 is 0 Å². The highest BCUT2D eigenvalue weighted by atomic mass is 35.5. The molecule has 1 aliphatic heterocycles. The van der Waals surface area contributed by atoms with Crippen LogP contribution in [0.25, 0.3) is 0 Å². The van der Waals surface area contributed by atoms with Crippen molar-refractivity contribution in [3.05, 3.63) is 63.1 Å². The molecule has 0 aromatic heterocycles. The molecule has 5 fully saturated rings. The van der Waals surface area contributed by atoms with Gasteiger partial charge in [0, 0.05) is 35.7 Å². The number of benzene rings is 2. The molecular formula is C27H30Cl3N3O. The predicted octanol–water partition coefficient (Wildman–Crippen LogP) is 7.04. The van der Waals surface area contributed by atoms with E-state index in [0.29, 0.717) is 52.6 Å². The average molecular weight is 519 g/mol. The van der Waals surface area contributed by atoms with E-state index in [1.807, 2.05) is 41.3 Å². The molecule has 180 valence electrons. The van der Waals surface area contributed by atoms with Crippen molar-refractivity contribution < 1.29 is 4.79 Å². The summed E-state index contributed by atoms with van der Waals surface area (Å²) in [5.74, 6) is 3.14. The molecular weight excluding hydrogens is 489 g/mol. The van der Waals surface area contributed by atoms with E-state index >= 15 is 0 Å². The van der Waals surface area contributed by atoms with E-state index in [4.69, 9.17) is 34.8 Å². The van der Waals surface area contributed by atoms with Crippen molar-refractivity contribution in [1.29, 1.82) is 0 Å². The van der Waals surface area contributed by atoms with Crippen molar-refractivity contribution in [3.63, 3.8) is 0 Å². The molecule has 1 saturated heterocycles. The van der Waals surface area contributed by atoms with Crippen molar-refractivity contribution >= 4 is 46.5 Å². The molecule has 4 aliphatic carbocycles. The Labute approximate surface area is 216 Å². The molecule has 5 aliphatic rings. The molecule has 2 aromatic rings. The van der Waals surface area contributed by atoms with Crippen molar-refractivity contribution in [2.45, 2.75) is 44.2 Å². The number of halogens is 3. The summed E-state index contributed by atoms with van der Waals surface area (Å²) >= 11 is 18.9. The molecule has 0 spiro atoms. The number of hydrogen-bond acceptors (Lipinski definition) is 2. The summed E-state index contributed by atoms with van der Waals surface area (Å²) in [7, 11) is 0. The number of piperazine rings is 1. The number of amides is 2. The van der Waals surface area contributed by atoms with Gasteiger partial charge in [-0.15, -0.1) is 0 Å². The molecule has 7 rings (SSSR count). The third-order valence-electron chi connectivity index (χ3n) is 8.66. The van der Waals surface area contributed by atoms with E-state index in [0.717, 1.165) is 23.1 Å². The van der Waals surface area contributed by atoms with E-state index in [2.05, 4.69) is 10.2 Å². The van der Waals surface area contributed by atoms with Crippen LogP contribution >= 0.6 is 34.8 Å². The zero-order valence-corrected chi connectivity index (χ0v) is 21.4. The second-order valence-corrected chi connectivity index (χ2v) is 12.0. The number of rotatable bonds is 3. The van der Waals surface area contributed by atoms with Gasteiger partial charge in [0.1, 0.15) is 0 Å². The SMILES string of the molecule is O=C(NC1C2CC3CC(C2)CC1C3)N1CCN(c2ccc(Cl)cc2Cl)C(c2ccc(Cl)cc2)C1. The molecule has 4 nitrogen and oxygen atoms in total. The third kappa shape index (κ3) is 4.27. The van der Waals surface area contributed by atoms with Gasteiger partial charge in [0.05, 0.1) is 16.8 Å². The standard InChI is InChI=1S/C27H30Cl3N3O/c28-21-3-1-18(2-4-21)25-15-32(7-8-33(25)24-6-5-22(29)14-23(24)30)27(34)31-26-19-10-16-9-17(12-19)13-20(26)11-16/h1-6,14,16-17,19-20,25-26H,7-13,15H2,(H,31,34). The second kappa shape index (κ2) is 9.11. The van der Waals surface area contributed by atoms with Gasteiger partial charge in [-0.1, -0.05) is 46.9 Å². The Kier molecular flexibility index (Phi) is 6.12. The Morgan fingerprint density at radius 3 is 2.12 bits per heavy atom. The van der Waals surface area contributed by atoms with Crippen LogP contribution in [0.5, 0.6) is 0 Å². The van der Waals surface area contributed by atoms with Gasteiger partial charge >= 0.3 is 6.03 Å². The summed E-state index contributed by atoms with van der Waals surface area (Å²) in [6.07, 6.45) is 6.62. The Balaban J connectivity index is 1.22. The second-order valence-electron chi connectivity index (χ2n) is 10.7. The van der Waals surface area contributed by atoms with Gasteiger partial charge < -0.3 is 15.1 Å². The number of nitrogens with one attached hydrogen (secondary N) is 1. The number of carbonyl (C=O) groups is 1. The molecule has 34 heavy (non-hydrogen) atoms. The van der Waals surface area contributed by atoms with Crippen LogP contribution in [-0.2, 0) is 0 Å². The van der Waals surface area contributed by atoms with Crippen LogP contribution in [0.4, 0.5) is 10.5 Å². The minimum absolute atomic E-state index is 0.0195. The lowest BCUT2D eigenvalue weighted by molar-refractivity contribution is -0.0112. The average Bonchev–Trinajstić information content (AvgIpc) is 2.81. The van der Waals surface area contributed by atoms with Crippen molar-refractivity contribution in [2.75, 3.05) is 24.5 Å². The maximum Gasteiger partial charge on any atom is 0.317 e. The van der Waals surface area contributed by atoms with Crippen LogP contribution in [0.2, 0.25) is 15.1 Å². The van der Waals surface area contributed by atoms with Gasteiger partial charge in [0.15, 0.2) is 0 Å². The van der Waals surface area contributed by atoms with Crippen LogP contribution in [0.1, 0.15) is 43.7 Å². The Bertz CT molecular complexity index is 1050. The molecule has 0 radical (unpaired) electrons. The monoisotopic (exact) mass is 517 g/mol. The largest absolute Gasteiger partial charge is 0.360 e. The van der Waals surface area contributed by atoms with E-state index in [-0.39, 0.29) is 12.1 Å². The number of nitrogens with zero attached hydrogens (tertiary/aromatic N) is 2. The topological polar surface area (TPSA) is 35.6 Å². The minimum Gasteiger partial charge on any atom is -0.360 e. The van der Waals surface area contributed by atoms with Gasteiger partial charge in [-0.25, -0.2) is 4.79 Å². The van der Waals surface area contributed by atoms with E-state index in [1.165, 1.54) is 32.1 Å². The first-order valence-corrected chi connectivity index (χ1v) is 13.6. The summed E-state index contributed by atoms with van der Waals surface area (Å²) in [4.78, 5) is 17.8. The summed E-state index contributed by atoms with van der Waals surface area (Å²) in [6.45, 7) is 1.95. The molecule has 2 amide bonds. The molecule has 1 N–H and O–H groups in total. The molecule has 1 unspecified atom stereocenters. The highest BCUT2D eigenvalue weighted by Crippen LogP contribution is 2.53. The number of carbonyl (C=O) groups excluding carboxylic acids is 1. The van der Waals surface area contributed by atoms with Gasteiger partial charge in [-0.05, 0) is 91.7 Å². The van der Waals surface area contributed by atoms with Crippen LogP contribution in [0.15, 0.2) is 42.5 Å². The maximum atomic E-state index is 13.5. The van der Waals surface area contributed by atoms with Gasteiger partial charge in [-0.3, -0.25) is 0 Å². The first-order valence-electron chi connectivity index (χ1n) is 12.5. The zero-order chi connectivity index (χ0) is 23.4. The van der Waals surface area contributed by atoms with Crippen LogP contribution in [0.3, 0.4) is 0 Å². The minimum atomic E-state index is -0.0195. The lowest BCUT2D eigenvalue weighted by atomic mass is 9.54. The molecule has 4 saturated carbocycles. The quantitative estimate of drug-likeness (QED) is 0.473. The Morgan fingerprint density at radius 1 is 0.824 bits per heavy atom. The lowest BCUT2D eigenvalue weighted by Gasteiger charge is -2.54. The van der Waals surface area contributed by atoms with Gasteiger partial charge in [0.25, 0.3) is 0 Å². The molecule has 2 aromatic carbocycles. The summed E-state index contributed by atoms with van der Waals surface area (Å²) in [6, 6.07) is 13.9. The first kappa shape index (κ1) is 22.8. The fourth-order valence-corrected chi connectivity index (χ4v) is 7.98. The maximum absolute atomic E-state index is 13.5. The van der Waals surface area contributed by atoms with Crippen molar-refractivity contribution in [1.82, 2.24) is 10.2 Å². The first-order chi connectivity index (χ1) is 16.4. The lowest BCUT2D eigenvalue weighted by Crippen LogP contribution is -2.60. The molecule has 1 atom stereocenters. The zero-order valence-electron chi connectivity index (χ0n) is 19.1. The van der Waals surface area contributed by atoms with Gasteiger partial charge in [-0.2, -0.15) is 0 Å². The highest BCUT2D eigenvalue weighted by Gasteiger charge is 2.49. The van der Waals surface area contributed by atoms with Crippen molar-refractivity contribution in [2.24, 2.45) is 23.7 Å².